The minimum atomic E-state index is -0.0787. The largest absolute Gasteiger partial charge is 0.318 e. The number of nitrogens with one attached hydrogen (secondary N) is 2. The molecule has 0 aromatic heterocycles. The fraction of sp³-hybridized carbons (Fsp3) is 0.333. The Hall–Kier alpha value is -0.210. The zero-order chi connectivity index (χ0) is 4.41. The molecule has 1 aliphatic rings. The highest BCUT2D eigenvalue weighted by Crippen LogP contribution is 1.92. The summed E-state index contributed by atoms with van der Waals surface area (Å²) in [6.07, 6.45) is 4.35. The third-order valence-corrected chi connectivity index (χ3v) is 0.747. The van der Waals surface area contributed by atoms with Gasteiger partial charge < -0.3 is 5.43 Å². The molecule has 2 nitrogen and oxygen atoms in total. The van der Waals surface area contributed by atoms with Gasteiger partial charge in [0.2, 0.25) is 0 Å². The molecule has 33 valence electrons. The van der Waals surface area contributed by atoms with E-state index in [0.717, 1.165) is 0 Å². The molecule has 0 amide bonds. The van der Waals surface area contributed by atoms with Gasteiger partial charge >= 0.3 is 0 Å². The van der Waals surface area contributed by atoms with Gasteiger partial charge in [-0.3, -0.25) is 0 Å². The van der Waals surface area contributed by atoms with Crippen LogP contribution in [0.1, 0.15) is 0 Å². The van der Waals surface area contributed by atoms with Gasteiger partial charge in [-0.2, -0.15) is 0 Å². The molecule has 0 aromatic rings. The van der Waals surface area contributed by atoms with Gasteiger partial charge in [0, 0.05) is 0 Å². The highest BCUT2D eigenvalue weighted by molar-refractivity contribution is 6.21. The maximum Gasteiger partial charge on any atom is 0.120 e. The molecule has 0 spiro atoms. The van der Waals surface area contributed by atoms with E-state index in [2.05, 4.69) is 17.1 Å². The maximum absolute atomic E-state index is 5.42. The van der Waals surface area contributed by atoms with Gasteiger partial charge in [0.15, 0.2) is 0 Å². The smallest absolute Gasteiger partial charge is 0.120 e. The number of alkyl halides is 1. The molecule has 0 saturated carbocycles. The number of rotatable bonds is 0. The van der Waals surface area contributed by atoms with Crippen molar-refractivity contribution in [3.63, 3.8) is 0 Å². The summed E-state index contributed by atoms with van der Waals surface area (Å²) in [5, 5.41) is 0. The van der Waals surface area contributed by atoms with Crippen molar-refractivity contribution in [2.45, 2.75) is 5.50 Å². The Kier molecular flexibility index (Phi) is 0.986. The van der Waals surface area contributed by atoms with Crippen LogP contribution in [0.4, 0.5) is 0 Å². The molecule has 1 radical (unpaired) electrons. The van der Waals surface area contributed by atoms with Crippen molar-refractivity contribution in [3.8, 4) is 0 Å². The Balaban J connectivity index is 2.38. The summed E-state index contributed by atoms with van der Waals surface area (Å²) in [5.74, 6) is 0. The highest BCUT2D eigenvalue weighted by atomic mass is 35.5. The van der Waals surface area contributed by atoms with E-state index in [0.29, 0.717) is 0 Å². The molecule has 0 saturated heterocycles. The van der Waals surface area contributed by atoms with Crippen molar-refractivity contribution in [1.82, 2.24) is 10.9 Å². The van der Waals surface area contributed by atoms with Crippen molar-refractivity contribution in [2.75, 3.05) is 0 Å². The van der Waals surface area contributed by atoms with Crippen LogP contribution in [0.2, 0.25) is 0 Å². The minimum absolute atomic E-state index is 0.0787. The average molecular weight is 104 g/mol. The second kappa shape index (κ2) is 1.49. The molecule has 0 bridgehead atoms. The molecule has 0 fully saturated rings. The Labute approximate surface area is 41.1 Å². The van der Waals surface area contributed by atoms with Crippen molar-refractivity contribution in [3.05, 3.63) is 12.3 Å². The van der Waals surface area contributed by atoms with Crippen LogP contribution in [-0.4, -0.2) is 5.50 Å². The lowest BCUT2D eigenvalue weighted by molar-refractivity contribution is 0.684. The Morgan fingerprint density at radius 3 is 2.83 bits per heavy atom. The molecule has 2 N–H and O–H groups in total. The van der Waals surface area contributed by atoms with Crippen molar-refractivity contribution >= 4 is 11.6 Å². The first-order valence-corrected chi connectivity index (χ1v) is 2.07. The highest BCUT2D eigenvalue weighted by Gasteiger charge is 1.99. The SMILES string of the molecule is ClC1C=[C]NN1. The van der Waals surface area contributed by atoms with Crippen LogP contribution in [-0.2, 0) is 0 Å². The lowest BCUT2D eigenvalue weighted by atomic mass is 10.6. The summed E-state index contributed by atoms with van der Waals surface area (Å²) in [5.41, 5.74) is 5.17. The third kappa shape index (κ3) is 0.640. The maximum atomic E-state index is 5.42. The molecule has 1 atom stereocenters. The number of hydrazine groups is 1. The first-order chi connectivity index (χ1) is 2.89. The van der Waals surface area contributed by atoms with E-state index in [4.69, 9.17) is 11.6 Å². The van der Waals surface area contributed by atoms with Gasteiger partial charge in [-0.1, -0.05) is 11.6 Å². The van der Waals surface area contributed by atoms with Crippen LogP contribution in [0.25, 0.3) is 0 Å². The van der Waals surface area contributed by atoms with E-state index in [1.807, 2.05) is 0 Å². The predicted molar refractivity (Wildman–Crippen MR) is 23.7 cm³/mol. The minimum Gasteiger partial charge on any atom is -0.318 e. The molecule has 0 aromatic carbocycles. The number of hydrogen-bond acceptors (Lipinski definition) is 2. The van der Waals surface area contributed by atoms with Gasteiger partial charge in [0.25, 0.3) is 0 Å². The van der Waals surface area contributed by atoms with Crippen LogP contribution < -0.4 is 10.9 Å². The van der Waals surface area contributed by atoms with Gasteiger partial charge in [0.05, 0.1) is 6.20 Å². The molecule has 0 aliphatic carbocycles. The van der Waals surface area contributed by atoms with Crippen LogP contribution in [0.5, 0.6) is 0 Å². The first-order valence-electron chi connectivity index (χ1n) is 1.63. The normalized spacial score (nSPS) is 30.5. The Morgan fingerprint density at radius 2 is 2.67 bits per heavy atom. The molecular weight excluding hydrogens is 99.5 g/mol. The summed E-state index contributed by atoms with van der Waals surface area (Å²) < 4.78 is 0. The van der Waals surface area contributed by atoms with Crippen molar-refractivity contribution in [1.29, 1.82) is 0 Å². The molecular formula is C3H4ClN2. The summed E-state index contributed by atoms with van der Waals surface area (Å²) in [6.45, 7) is 0. The van der Waals surface area contributed by atoms with Crippen molar-refractivity contribution < 1.29 is 0 Å². The zero-order valence-electron chi connectivity index (χ0n) is 3.03. The summed E-state index contributed by atoms with van der Waals surface area (Å²) in [7, 11) is 0. The molecule has 1 rings (SSSR count). The zero-order valence-corrected chi connectivity index (χ0v) is 3.79. The molecule has 1 unspecified atom stereocenters. The van der Waals surface area contributed by atoms with Crippen molar-refractivity contribution in [2.24, 2.45) is 0 Å². The lowest BCUT2D eigenvalue weighted by Crippen LogP contribution is -2.25. The van der Waals surface area contributed by atoms with E-state index >= 15 is 0 Å². The fourth-order valence-corrected chi connectivity index (χ4v) is 0.385. The van der Waals surface area contributed by atoms with E-state index < -0.39 is 0 Å². The van der Waals surface area contributed by atoms with Crippen LogP contribution in [0.3, 0.4) is 0 Å². The van der Waals surface area contributed by atoms with Gasteiger partial charge in [-0.15, -0.1) is 0 Å². The van der Waals surface area contributed by atoms with E-state index in [9.17, 15) is 0 Å². The monoisotopic (exact) mass is 103 g/mol. The van der Waals surface area contributed by atoms with Crippen LogP contribution >= 0.6 is 11.6 Å². The second-order valence-corrected chi connectivity index (χ2v) is 1.45. The molecule has 6 heavy (non-hydrogen) atoms. The summed E-state index contributed by atoms with van der Waals surface area (Å²) in [4.78, 5) is 0. The third-order valence-electron chi connectivity index (χ3n) is 0.512. The standard InChI is InChI=1S/C3H4ClN2/c4-3-1-2-5-6-3/h1,3,5-6H. The van der Waals surface area contributed by atoms with E-state index in [-0.39, 0.29) is 5.50 Å². The van der Waals surface area contributed by atoms with Crippen LogP contribution in [0, 0.1) is 6.20 Å². The first kappa shape index (κ1) is 3.96. The molecule has 1 aliphatic heterocycles. The predicted octanol–water partition coefficient (Wildman–Crippen LogP) is -0.0240. The Morgan fingerprint density at radius 1 is 1.83 bits per heavy atom. The molecule has 3 heteroatoms. The number of hydrogen-bond donors (Lipinski definition) is 2. The van der Waals surface area contributed by atoms with Crippen LogP contribution in [0.15, 0.2) is 6.08 Å². The summed E-state index contributed by atoms with van der Waals surface area (Å²) in [6, 6.07) is 0. The Bertz CT molecular complexity index is 71.2. The average Bonchev–Trinajstić information content (AvgIpc) is 1.86. The number of halogens is 1. The summed E-state index contributed by atoms with van der Waals surface area (Å²) >= 11 is 5.42. The van der Waals surface area contributed by atoms with E-state index in [1.54, 1.807) is 6.08 Å². The topological polar surface area (TPSA) is 24.1 Å². The lowest BCUT2D eigenvalue weighted by Gasteiger charge is -1.92. The fourth-order valence-electron chi connectivity index (χ4n) is 0.267. The van der Waals surface area contributed by atoms with E-state index in [1.165, 1.54) is 0 Å². The van der Waals surface area contributed by atoms with Gasteiger partial charge in [-0.25, -0.2) is 5.43 Å². The second-order valence-electron chi connectivity index (χ2n) is 0.982. The molecule has 1 heterocycles. The van der Waals surface area contributed by atoms with Gasteiger partial charge in [0.1, 0.15) is 5.50 Å². The quantitative estimate of drug-likeness (QED) is 0.333. The van der Waals surface area contributed by atoms with Gasteiger partial charge in [-0.05, 0) is 6.08 Å².